The summed E-state index contributed by atoms with van der Waals surface area (Å²) in [5, 5.41) is 8.50. The van der Waals surface area contributed by atoms with E-state index in [9.17, 15) is 9.59 Å². The fourth-order valence-corrected chi connectivity index (χ4v) is 5.08. The third-order valence-electron chi connectivity index (χ3n) is 6.49. The van der Waals surface area contributed by atoms with Crippen LogP contribution in [-0.4, -0.2) is 60.3 Å². The molecule has 1 atom stereocenters. The van der Waals surface area contributed by atoms with E-state index in [2.05, 4.69) is 11.9 Å². The smallest absolute Gasteiger partial charge is 0.254 e. The van der Waals surface area contributed by atoms with Gasteiger partial charge >= 0.3 is 0 Å². The molecule has 176 valence electrons. The van der Waals surface area contributed by atoms with Crippen LogP contribution < -0.4 is 20.5 Å². The van der Waals surface area contributed by atoms with Gasteiger partial charge in [-0.15, -0.1) is 0 Å². The molecule has 1 fully saturated rings. The standard InChI is InChI=1S/C23H28ClN5O4/c1-4-18(30)28-9-6-13(7-10-28)15-5-8-26-23-19(22(25)31)21(27-29(15)23)14-11-16(32-2)20(24)17(12-14)33-3/h4,11-13,15,26H,1,5-10H2,2-3H3,(H2,25,31). The monoisotopic (exact) mass is 473 g/mol. The van der Waals surface area contributed by atoms with E-state index in [0.29, 0.717) is 64.7 Å². The van der Waals surface area contributed by atoms with Crippen LogP contribution in [0.2, 0.25) is 5.02 Å². The number of amides is 2. The number of benzene rings is 1. The minimum Gasteiger partial charge on any atom is -0.495 e. The number of piperidine rings is 1. The van der Waals surface area contributed by atoms with Gasteiger partial charge in [-0.3, -0.25) is 9.59 Å². The average molecular weight is 474 g/mol. The quantitative estimate of drug-likeness (QED) is 0.623. The highest BCUT2D eigenvalue weighted by molar-refractivity contribution is 6.33. The van der Waals surface area contributed by atoms with Gasteiger partial charge in [0.05, 0.1) is 20.3 Å². The second-order valence-electron chi connectivity index (χ2n) is 8.23. The number of carbonyl (C=O) groups is 2. The van der Waals surface area contributed by atoms with Crippen LogP contribution in [0.15, 0.2) is 24.8 Å². The van der Waals surface area contributed by atoms with Crippen LogP contribution in [0.3, 0.4) is 0 Å². The van der Waals surface area contributed by atoms with E-state index in [-0.39, 0.29) is 11.9 Å². The number of carbonyl (C=O) groups excluding carboxylic acids is 2. The number of primary amides is 1. The number of halogens is 1. The maximum atomic E-state index is 12.5. The topological polar surface area (TPSA) is 112 Å². The van der Waals surface area contributed by atoms with Crippen molar-refractivity contribution < 1.29 is 19.1 Å². The molecule has 1 saturated heterocycles. The highest BCUT2D eigenvalue weighted by Gasteiger charge is 2.36. The third-order valence-corrected chi connectivity index (χ3v) is 6.87. The molecule has 0 spiro atoms. The number of hydrogen-bond donors (Lipinski definition) is 2. The van der Waals surface area contributed by atoms with Crippen molar-refractivity contribution in [2.75, 3.05) is 39.2 Å². The fraction of sp³-hybridized carbons (Fsp3) is 0.435. The molecule has 1 aromatic carbocycles. The molecule has 3 N–H and O–H groups in total. The fourth-order valence-electron chi connectivity index (χ4n) is 4.82. The number of fused-ring (bicyclic) bond motifs is 1. The first kappa shape index (κ1) is 23.0. The molecule has 9 nitrogen and oxygen atoms in total. The lowest BCUT2D eigenvalue weighted by Crippen LogP contribution is -2.41. The van der Waals surface area contributed by atoms with Crippen LogP contribution >= 0.6 is 11.6 Å². The molecule has 2 amide bonds. The Labute approximate surface area is 197 Å². The van der Waals surface area contributed by atoms with Gasteiger partial charge in [-0.25, -0.2) is 4.68 Å². The van der Waals surface area contributed by atoms with Crippen LogP contribution in [-0.2, 0) is 4.79 Å². The lowest BCUT2D eigenvalue weighted by Gasteiger charge is -2.38. The van der Waals surface area contributed by atoms with Crippen LogP contribution in [0.5, 0.6) is 11.5 Å². The van der Waals surface area contributed by atoms with E-state index >= 15 is 0 Å². The molecule has 0 bridgehead atoms. The first-order valence-corrected chi connectivity index (χ1v) is 11.3. The van der Waals surface area contributed by atoms with Crippen molar-refractivity contribution in [1.82, 2.24) is 14.7 Å². The summed E-state index contributed by atoms with van der Waals surface area (Å²) in [5.41, 5.74) is 7.20. The summed E-state index contributed by atoms with van der Waals surface area (Å²) in [5.74, 6) is 1.15. The first-order valence-electron chi connectivity index (χ1n) is 10.9. The summed E-state index contributed by atoms with van der Waals surface area (Å²) in [7, 11) is 3.03. The normalized spacial score (nSPS) is 18.3. The summed E-state index contributed by atoms with van der Waals surface area (Å²) >= 11 is 6.33. The molecule has 2 aliphatic heterocycles. The largest absolute Gasteiger partial charge is 0.495 e. The van der Waals surface area contributed by atoms with E-state index in [1.54, 1.807) is 12.1 Å². The van der Waals surface area contributed by atoms with Crippen molar-refractivity contribution in [1.29, 1.82) is 0 Å². The van der Waals surface area contributed by atoms with Gasteiger partial charge in [-0.2, -0.15) is 5.10 Å². The zero-order chi connectivity index (χ0) is 23.7. The van der Waals surface area contributed by atoms with Crippen molar-refractivity contribution in [3.63, 3.8) is 0 Å². The Balaban J connectivity index is 1.73. The summed E-state index contributed by atoms with van der Waals surface area (Å²) in [4.78, 5) is 26.3. The lowest BCUT2D eigenvalue weighted by molar-refractivity contribution is -0.127. The second kappa shape index (κ2) is 9.35. The lowest BCUT2D eigenvalue weighted by atomic mass is 9.87. The van der Waals surface area contributed by atoms with E-state index < -0.39 is 5.91 Å². The van der Waals surface area contributed by atoms with Crippen LogP contribution in [0.4, 0.5) is 5.82 Å². The van der Waals surface area contributed by atoms with Crippen LogP contribution in [0, 0.1) is 5.92 Å². The average Bonchev–Trinajstić information content (AvgIpc) is 3.24. The molecule has 0 radical (unpaired) electrons. The van der Waals surface area contributed by atoms with Crippen molar-refractivity contribution in [3.05, 3.63) is 35.4 Å². The molecule has 0 aliphatic carbocycles. The number of methoxy groups -OCH3 is 2. The van der Waals surface area contributed by atoms with Gasteiger partial charge < -0.3 is 25.4 Å². The number of nitrogens with one attached hydrogen (secondary N) is 1. The number of likely N-dealkylation sites (tertiary alicyclic amines) is 1. The van der Waals surface area contributed by atoms with Crippen LogP contribution in [0.1, 0.15) is 35.7 Å². The first-order chi connectivity index (χ1) is 15.9. The van der Waals surface area contributed by atoms with Crippen molar-refractivity contribution in [3.8, 4) is 22.8 Å². The van der Waals surface area contributed by atoms with E-state index in [0.717, 1.165) is 19.3 Å². The number of hydrogen-bond acceptors (Lipinski definition) is 6. The molecule has 1 aromatic heterocycles. The molecule has 4 rings (SSSR count). The Morgan fingerprint density at radius 3 is 2.39 bits per heavy atom. The zero-order valence-corrected chi connectivity index (χ0v) is 19.5. The molecule has 1 unspecified atom stereocenters. The van der Waals surface area contributed by atoms with Gasteiger partial charge in [0, 0.05) is 25.2 Å². The highest BCUT2D eigenvalue weighted by atomic mass is 35.5. The number of ether oxygens (including phenoxy) is 2. The molecular weight excluding hydrogens is 446 g/mol. The van der Waals surface area contributed by atoms with Crippen LogP contribution in [0.25, 0.3) is 11.3 Å². The maximum Gasteiger partial charge on any atom is 0.254 e. The zero-order valence-electron chi connectivity index (χ0n) is 18.8. The Bertz CT molecular complexity index is 1070. The Kier molecular flexibility index (Phi) is 6.51. The number of nitrogens with zero attached hydrogens (tertiary/aromatic N) is 3. The van der Waals surface area contributed by atoms with E-state index in [4.69, 9.17) is 31.9 Å². The molecule has 0 saturated carbocycles. The minimum atomic E-state index is -0.571. The second-order valence-corrected chi connectivity index (χ2v) is 8.60. The predicted molar refractivity (Wildman–Crippen MR) is 126 cm³/mol. The minimum absolute atomic E-state index is 0.0394. The van der Waals surface area contributed by atoms with Crippen molar-refractivity contribution in [2.45, 2.75) is 25.3 Å². The Morgan fingerprint density at radius 2 is 1.85 bits per heavy atom. The summed E-state index contributed by atoms with van der Waals surface area (Å²) in [6.45, 7) is 5.64. The third kappa shape index (κ3) is 4.13. The Hall–Kier alpha value is -3.20. The maximum absolute atomic E-state index is 12.5. The van der Waals surface area contributed by atoms with E-state index in [1.165, 1.54) is 20.3 Å². The van der Waals surface area contributed by atoms with Gasteiger partial charge in [0.25, 0.3) is 5.91 Å². The van der Waals surface area contributed by atoms with Gasteiger partial charge in [-0.05, 0) is 43.4 Å². The molecule has 2 aromatic rings. The van der Waals surface area contributed by atoms with Gasteiger partial charge in [0.1, 0.15) is 33.6 Å². The summed E-state index contributed by atoms with van der Waals surface area (Å²) in [6, 6.07) is 3.53. The van der Waals surface area contributed by atoms with E-state index in [1.807, 2.05) is 9.58 Å². The molecule has 2 aliphatic rings. The SMILES string of the molecule is C=CC(=O)N1CCC(C2CCNc3c(C(N)=O)c(-c4cc(OC)c(Cl)c(OC)c4)nn32)CC1. The molecular formula is C23H28ClN5O4. The number of anilines is 1. The number of aromatic nitrogens is 2. The highest BCUT2D eigenvalue weighted by Crippen LogP contribution is 2.43. The number of nitrogens with two attached hydrogens (primary N) is 1. The number of rotatable bonds is 6. The van der Waals surface area contributed by atoms with Gasteiger partial charge in [0.15, 0.2) is 0 Å². The summed E-state index contributed by atoms with van der Waals surface area (Å²) in [6.07, 6.45) is 3.93. The molecule has 10 heteroatoms. The predicted octanol–water partition coefficient (Wildman–Crippen LogP) is 3.10. The Morgan fingerprint density at radius 1 is 1.21 bits per heavy atom. The van der Waals surface area contributed by atoms with Gasteiger partial charge in [0.2, 0.25) is 5.91 Å². The van der Waals surface area contributed by atoms with Crippen molar-refractivity contribution in [2.24, 2.45) is 11.7 Å². The van der Waals surface area contributed by atoms with Crippen molar-refractivity contribution >= 4 is 29.2 Å². The molecule has 33 heavy (non-hydrogen) atoms. The summed E-state index contributed by atoms with van der Waals surface area (Å²) < 4.78 is 12.7. The van der Waals surface area contributed by atoms with Gasteiger partial charge in [-0.1, -0.05) is 18.2 Å². The molecule has 3 heterocycles.